The molecule has 666 valence electrons. The molecule has 9 rings (SSSR count). The molecule has 0 aliphatic rings. The summed E-state index contributed by atoms with van der Waals surface area (Å²) in [4.78, 5) is 9.80. The van der Waals surface area contributed by atoms with Crippen LogP contribution in [0, 0.1) is 35.5 Å². The first-order valence-corrected chi connectivity index (χ1v) is 57.4. The topological polar surface area (TPSA) is 13.0 Å². The second-order valence-corrected chi connectivity index (χ2v) is 48.3. The summed E-state index contributed by atoms with van der Waals surface area (Å²) in [5, 5.41) is 0. The Balaban J connectivity index is 0.000000938. The molecule has 0 N–H and O–H groups in total. The van der Waals surface area contributed by atoms with Crippen LogP contribution in [0.4, 0.5) is 22.7 Å². The van der Waals surface area contributed by atoms with Gasteiger partial charge in [0.05, 0.1) is 0 Å². The van der Waals surface area contributed by atoms with E-state index in [4.69, 9.17) is 0 Å². The Hall–Kier alpha value is -3.88. The Labute approximate surface area is 870 Å². The van der Waals surface area contributed by atoms with Gasteiger partial charge in [-0.15, -0.1) is 271 Å². The minimum absolute atomic E-state index is 0. The van der Waals surface area contributed by atoms with Gasteiger partial charge < -0.3 is 18.9 Å². The van der Waals surface area contributed by atoms with E-state index in [1.165, 1.54) is 288 Å². The fraction of sp³-hybridized carbons (Fsp3) is 0.474. The molecule has 4 nitrogen and oxygen atoms in total. The third-order valence-electron chi connectivity index (χ3n) is 24.0. The molecule has 0 saturated carbocycles. The second-order valence-electron chi connectivity index (χ2n) is 35.9. The van der Waals surface area contributed by atoms with Gasteiger partial charge in [0.2, 0.25) is 0 Å². The summed E-state index contributed by atoms with van der Waals surface area (Å²) >= 11 is 3.98. The number of unbranched alkanes of at least 4 members (excludes halogenated alkanes) is 14. The molecule has 128 heavy (non-hydrogen) atoms. The van der Waals surface area contributed by atoms with Gasteiger partial charge >= 0.3 is 113 Å². The van der Waals surface area contributed by atoms with Gasteiger partial charge in [-0.3, -0.25) is 0 Å². The second kappa shape index (κ2) is 68.2. The average molecular weight is 1750 g/mol. The van der Waals surface area contributed by atoms with Crippen LogP contribution in [0.15, 0.2) is 228 Å². The molecular weight excluding hydrogens is 1590 g/mol. The van der Waals surface area contributed by atoms with E-state index in [0.29, 0.717) is 0 Å². The molecule has 9 aromatic rings. The molecule has 0 aliphatic carbocycles. The fourth-order valence-corrected chi connectivity index (χ4v) is 29.3. The van der Waals surface area contributed by atoms with Crippen LogP contribution < -0.4 is 132 Å². The molecule has 0 bridgehead atoms. The Morgan fingerprint density at radius 2 is 0.422 bits per heavy atom. The molecule has 0 radical (unpaired) electrons. The van der Waals surface area contributed by atoms with Gasteiger partial charge in [-0.1, -0.05) is 334 Å². The number of benzene rings is 9. The molecule has 0 amide bonds. The van der Waals surface area contributed by atoms with Crippen LogP contribution in [-0.4, -0.2) is 68.3 Å². The van der Waals surface area contributed by atoms with Crippen molar-refractivity contribution in [1.82, 2.24) is 0 Å². The molecule has 14 heteroatoms. The maximum absolute atomic E-state index is 2.82. The van der Waals surface area contributed by atoms with Crippen LogP contribution in [0.25, 0.3) is 0 Å². The van der Waals surface area contributed by atoms with E-state index in [0.717, 1.165) is 64.7 Å². The van der Waals surface area contributed by atoms with Gasteiger partial charge in [0.15, 0.2) is 0 Å². The van der Waals surface area contributed by atoms with E-state index in [1.54, 1.807) is 0 Å². The molecule has 0 saturated heterocycles. The summed E-state index contributed by atoms with van der Waals surface area (Å²) in [5.74, 6) is 11.3. The first-order chi connectivity index (χ1) is 59.1. The molecule has 9 aromatic carbocycles. The van der Waals surface area contributed by atoms with E-state index in [2.05, 4.69) is 374 Å². The zero-order chi connectivity index (χ0) is 88.1. The average Bonchev–Trinajstić information content (AvgIpc) is 0.782. The van der Waals surface area contributed by atoms with E-state index in [9.17, 15) is 0 Å². The van der Waals surface area contributed by atoms with Gasteiger partial charge in [-0.2, -0.15) is 0 Å². The van der Waals surface area contributed by atoms with Gasteiger partial charge in [-0.05, 0) is 61.8 Å². The first kappa shape index (κ1) is 122. The standard InChI is InChI=1S/C38H58N2Si2.C38H54N2.C38H52S2.6Li/c1-11-13-15-20-37(31-22-26-35(27-23-31)39(3)4)33-18-17-19-34(30-33)38(21-16-14-12-2)32-24-28-36(29-25-32)40(41(5,6)7)42(8,9)10;1-7-13-15-20-37(31-22-26-35(27-23-31)39(9-3)10-4)33-18-17-19-34(30-33)38(21-16-14-8-2)32-24-28-36(29-25-32)40(11-5)12-6;1-5-9-13-18-37(31-20-24-35(25-21-31)39-28-11-7-3)33-16-15-17-34(30-33)38(19-14-10-6-2)32-22-26-36(27-23-32)40-29-12-8-4;;;;;;/h17-19,22-30H,11-16,20-21H2,1-10H3;17-19,22-30H,7-16,20-21H2,1-6H3;15-17,20-27,30H,5-14,18-19,28-29H2,1-4H3;;;;;;/q3*-2;6*+1. The summed E-state index contributed by atoms with van der Waals surface area (Å²) in [6, 6.07) is 84.5. The summed E-state index contributed by atoms with van der Waals surface area (Å²) < 4.78 is 2.82. The van der Waals surface area contributed by atoms with E-state index >= 15 is 0 Å². The van der Waals surface area contributed by atoms with E-state index in [1.807, 2.05) is 23.5 Å². The maximum atomic E-state index is 2.82. The number of thioether (sulfide) groups is 2. The maximum Gasteiger partial charge on any atom is 1.00 e. The summed E-state index contributed by atoms with van der Waals surface area (Å²) in [5.41, 5.74) is 21.8. The van der Waals surface area contributed by atoms with Crippen molar-refractivity contribution < 1.29 is 113 Å². The fourth-order valence-electron chi connectivity index (χ4n) is 17.4. The van der Waals surface area contributed by atoms with Crippen LogP contribution in [-0.2, 0) is 0 Å². The summed E-state index contributed by atoms with van der Waals surface area (Å²) in [6.07, 6.45) is 34.3. The van der Waals surface area contributed by atoms with E-state index in [-0.39, 0.29) is 113 Å². The van der Waals surface area contributed by atoms with Crippen molar-refractivity contribution >= 4 is 62.7 Å². The van der Waals surface area contributed by atoms with Crippen molar-refractivity contribution in [3.63, 3.8) is 0 Å². The van der Waals surface area contributed by atoms with Crippen molar-refractivity contribution in [2.24, 2.45) is 0 Å². The Morgan fingerprint density at radius 1 is 0.227 bits per heavy atom. The van der Waals surface area contributed by atoms with Crippen molar-refractivity contribution in [2.45, 2.75) is 312 Å². The number of anilines is 4. The largest absolute Gasteiger partial charge is 1.00 e. The molecule has 0 aliphatic heterocycles. The van der Waals surface area contributed by atoms with Crippen molar-refractivity contribution in [1.29, 1.82) is 0 Å². The third-order valence-corrected chi connectivity index (χ3v) is 33.5. The summed E-state index contributed by atoms with van der Waals surface area (Å²) in [6.45, 7) is 46.3. The zero-order valence-corrected chi connectivity index (χ0v) is 90.1. The van der Waals surface area contributed by atoms with Crippen LogP contribution in [0.1, 0.15) is 330 Å². The molecule has 0 spiro atoms. The number of rotatable bonds is 54. The number of hydrogen-bond acceptors (Lipinski definition) is 6. The molecule has 0 heterocycles. The molecule has 0 atom stereocenters. The van der Waals surface area contributed by atoms with Crippen molar-refractivity contribution in [2.75, 3.05) is 70.7 Å². The Bertz CT molecular complexity index is 4060. The Kier molecular flexibility index (Phi) is 65.0. The summed E-state index contributed by atoms with van der Waals surface area (Å²) in [7, 11) is 1.24. The minimum Gasteiger partial charge on any atom is -0.426 e. The first-order valence-electron chi connectivity index (χ1n) is 48.5. The molecule has 0 unspecified atom stereocenters. The predicted molar refractivity (Wildman–Crippen MR) is 553 cm³/mol. The number of hydrogen-bond donors (Lipinski definition) is 0. The van der Waals surface area contributed by atoms with Crippen LogP contribution in [0.5, 0.6) is 0 Å². The quantitative estimate of drug-likeness (QED) is 0.0162. The van der Waals surface area contributed by atoms with E-state index < -0.39 is 16.5 Å². The molecular formula is C114H164Li6N4S2Si2. The minimum atomic E-state index is -1.49. The third kappa shape index (κ3) is 40.6. The number of nitrogens with zero attached hydrogens (tertiary/aromatic N) is 4. The van der Waals surface area contributed by atoms with Crippen LogP contribution in [0.2, 0.25) is 39.3 Å². The monoisotopic (exact) mass is 1750 g/mol. The van der Waals surface area contributed by atoms with Crippen molar-refractivity contribution in [3.05, 3.63) is 321 Å². The Morgan fingerprint density at radius 3 is 0.609 bits per heavy atom. The molecule has 0 aromatic heterocycles. The van der Waals surface area contributed by atoms with Gasteiger partial charge in [0.25, 0.3) is 0 Å². The predicted octanol–water partition coefficient (Wildman–Crippen LogP) is 16.4. The van der Waals surface area contributed by atoms with Gasteiger partial charge in [0, 0.05) is 63.0 Å². The van der Waals surface area contributed by atoms with Crippen LogP contribution in [0.3, 0.4) is 0 Å². The van der Waals surface area contributed by atoms with Gasteiger partial charge in [-0.25, -0.2) is 0 Å². The smallest absolute Gasteiger partial charge is 0.426 e. The van der Waals surface area contributed by atoms with Gasteiger partial charge in [0.1, 0.15) is 16.5 Å². The SMILES string of the molecule is CCCCC[C-](c1ccc(N(C)C)cc1)c1cccc([C-](CCCCC)c2ccc(N([Si](C)(C)C)[Si](C)(C)C)cc2)c1.CCCCC[C-](c1ccc(N(CC)CC)cc1)c1cccc([C-](CCCCC)c2ccc(N(CC)CC)cc2)c1.CCCCC[C-](c1ccc(SCCCC)cc1)c1cccc([C-](CCCCC)c2ccc(SCCCC)cc2)c1.[Li+].[Li+].[Li+].[Li+].[Li+].[Li+]. The zero-order valence-electron chi connectivity index (χ0n) is 86.4. The normalized spacial score (nSPS) is 10.8. The van der Waals surface area contributed by atoms with Crippen LogP contribution >= 0.6 is 23.5 Å². The molecule has 0 fully saturated rings. The van der Waals surface area contributed by atoms with Crippen molar-refractivity contribution in [3.8, 4) is 0 Å².